The molecule has 0 spiro atoms. The molecule has 3 rings (SSSR count). The Morgan fingerprint density at radius 1 is 0.704 bits per heavy atom. The van der Waals surface area contributed by atoms with Gasteiger partial charge in [-0.1, -0.05) is 105 Å². The summed E-state index contributed by atoms with van der Waals surface area (Å²) in [5.74, 6) is 0. The lowest BCUT2D eigenvalue weighted by molar-refractivity contribution is 0.531. The van der Waals surface area contributed by atoms with Gasteiger partial charge >= 0.3 is 0 Å². The van der Waals surface area contributed by atoms with Crippen molar-refractivity contribution in [3.63, 3.8) is 0 Å². The zero-order valence-corrected chi connectivity index (χ0v) is 17.8. The number of hydrogen-bond donors (Lipinski definition) is 0. The lowest BCUT2D eigenvalue weighted by atomic mass is 9.94. The van der Waals surface area contributed by atoms with Crippen LogP contribution in [0.15, 0.2) is 112 Å². The highest BCUT2D eigenvalue weighted by atomic mass is 32.2. The summed E-state index contributed by atoms with van der Waals surface area (Å²) in [4.78, 5) is 3.97. The summed E-state index contributed by atoms with van der Waals surface area (Å²) in [7, 11) is 0. The molecule has 0 amide bonds. The van der Waals surface area contributed by atoms with E-state index in [9.17, 15) is 0 Å². The van der Waals surface area contributed by atoms with Gasteiger partial charge in [-0.2, -0.15) is 0 Å². The Hall–Kier alpha value is -1.90. The molecule has 0 radical (unpaired) electrons. The number of rotatable bonds is 6. The Bertz CT molecular complexity index is 847. The second-order valence-electron chi connectivity index (χ2n) is 7.46. The minimum atomic E-state index is 0.0881. The van der Waals surface area contributed by atoms with Crippen molar-refractivity contribution in [3.05, 3.63) is 108 Å². The predicted molar refractivity (Wildman–Crippen MR) is 121 cm³/mol. The summed E-state index contributed by atoms with van der Waals surface area (Å²) in [6, 6.07) is 32.1. The SMILES string of the molecule is CC(C)(C)/C(=C/C(Sc1ccccc1)c1ccccc1)Sc1ccccc1. The van der Waals surface area contributed by atoms with Crippen LogP contribution in [0.1, 0.15) is 31.6 Å². The van der Waals surface area contributed by atoms with Gasteiger partial charge in [0.15, 0.2) is 0 Å². The van der Waals surface area contributed by atoms with Gasteiger partial charge in [0, 0.05) is 9.79 Å². The highest BCUT2D eigenvalue weighted by molar-refractivity contribution is 8.03. The van der Waals surface area contributed by atoms with E-state index in [1.165, 1.54) is 20.3 Å². The van der Waals surface area contributed by atoms with Crippen molar-refractivity contribution in [2.75, 3.05) is 0 Å². The minimum absolute atomic E-state index is 0.0881. The lowest BCUT2D eigenvalue weighted by Crippen LogP contribution is -2.08. The number of benzene rings is 3. The fourth-order valence-corrected chi connectivity index (χ4v) is 4.93. The van der Waals surface area contributed by atoms with Crippen LogP contribution in [0.25, 0.3) is 0 Å². The minimum Gasteiger partial charge on any atom is -0.114 e. The van der Waals surface area contributed by atoms with Gasteiger partial charge in [0.05, 0.1) is 5.25 Å². The highest BCUT2D eigenvalue weighted by Gasteiger charge is 2.21. The van der Waals surface area contributed by atoms with Crippen LogP contribution >= 0.6 is 23.5 Å². The van der Waals surface area contributed by atoms with Gasteiger partial charge in [0.25, 0.3) is 0 Å². The third kappa shape index (κ3) is 6.05. The molecule has 3 aromatic carbocycles. The molecule has 0 aliphatic rings. The first-order chi connectivity index (χ1) is 13.0. The van der Waals surface area contributed by atoms with Crippen LogP contribution in [0.4, 0.5) is 0 Å². The van der Waals surface area contributed by atoms with Crippen LogP contribution in [0.3, 0.4) is 0 Å². The first-order valence-corrected chi connectivity index (χ1v) is 10.9. The molecule has 0 bridgehead atoms. The first kappa shape index (κ1) is 19.9. The zero-order valence-electron chi connectivity index (χ0n) is 16.1. The largest absolute Gasteiger partial charge is 0.114 e. The molecule has 3 aromatic rings. The molecular weight excluding hydrogens is 364 g/mol. The van der Waals surface area contributed by atoms with Crippen molar-refractivity contribution in [3.8, 4) is 0 Å². The number of thioether (sulfide) groups is 2. The van der Waals surface area contributed by atoms with E-state index in [4.69, 9.17) is 0 Å². The maximum Gasteiger partial charge on any atom is 0.0535 e. The maximum atomic E-state index is 2.45. The van der Waals surface area contributed by atoms with Gasteiger partial charge in [0.2, 0.25) is 0 Å². The average Bonchev–Trinajstić information content (AvgIpc) is 2.68. The topological polar surface area (TPSA) is 0 Å². The van der Waals surface area contributed by atoms with Gasteiger partial charge in [-0.15, -0.1) is 11.8 Å². The van der Waals surface area contributed by atoms with Crippen LogP contribution in [-0.2, 0) is 0 Å². The van der Waals surface area contributed by atoms with Gasteiger partial charge in [-0.05, 0) is 40.1 Å². The Kier molecular flexibility index (Phi) is 6.87. The van der Waals surface area contributed by atoms with Crippen molar-refractivity contribution in [2.24, 2.45) is 5.41 Å². The molecule has 0 nitrogen and oxygen atoms in total. The fraction of sp³-hybridized carbons (Fsp3) is 0.200. The number of allylic oxidation sites excluding steroid dienone is 1. The van der Waals surface area contributed by atoms with Crippen LogP contribution in [0.5, 0.6) is 0 Å². The molecule has 0 fully saturated rings. The van der Waals surface area contributed by atoms with E-state index in [0.717, 1.165) is 0 Å². The molecule has 1 unspecified atom stereocenters. The Morgan fingerprint density at radius 2 is 1.19 bits per heavy atom. The maximum absolute atomic E-state index is 2.45. The average molecular weight is 391 g/mol. The molecule has 0 N–H and O–H groups in total. The zero-order chi connectivity index (χ0) is 19.1. The van der Waals surface area contributed by atoms with Gasteiger partial charge in [-0.3, -0.25) is 0 Å². The Morgan fingerprint density at radius 3 is 1.70 bits per heavy atom. The summed E-state index contributed by atoms with van der Waals surface area (Å²) in [5, 5.41) is 0.277. The first-order valence-electron chi connectivity index (χ1n) is 9.24. The molecule has 0 saturated carbocycles. The molecule has 0 aliphatic heterocycles. The molecule has 0 heterocycles. The van der Waals surface area contributed by atoms with Crippen LogP contribution in [-0.4, -0.2) is 0 Å². The van der Waals surface area contributed by atoms with Crippen LogP contribution in [0.2, 0.25) is 0 Å². The van der Waals surface area contributed by atoms with Gasteiger partial charge in [-0.25, -0.2) is 0 Å². The summed E-state index contributed by atoms with van der Waals surface area (Å²) < 4.78 is 0. The van der Waals surface area contributed by atoms with Crippen molar-refractivity contribution in [2.45, 2.75) is 35.8 Å². The predicted octanol–water partition coefficient (Wildman–Crippen LogP) is 8.24. The summed E-state index contributed by atoms with van der Waals surface area (Å²) in [6.07, 6.45) is 2.45. The molecule has 1 atom stereocenters. The van der Waals surface area contributed by atoms with E-state index in [1.54, 1.807) is 0 Å². The normalized spacial score (nSPS) is 13.4. The quantitative estimate of drug-likeness (QED) is 0.389. The summed E-state index contributed by atoms with van der Waals surface area (Å²) in [6.45, 7) is 6.89. The monoisotopic (exact) mass is 390 g/mol. The van der Waals surface area contributed by atoms with Crippen molar-refractivity contribution in [1.29, 1.82) is 0 Å². The fourth-order valence-electron chi connectivity index (χ4n) is 2.68. The number of hydrogen-bond acceptors (Lipinski definition) is 2. The van der Waals surface area contributed by atoms with Crippen molar-refractivity contribution >= 4 is 23.5 Å². The molecule has 0 aliphatic carbocycles. The third-order valence-corrected chi connectivity index (χ3v) is 6.83. The van der Waals surface area contributed by atoms with E-state index in [2.05, 4.69) is 118 Å². The molecule has 0 aromatic heterocycles. The van der Waals surface area contributed by atoms with Crippen molar-refractivity contribution in [1.82, 2.24) is 0 Å². The Labute approximate surface area is 172 Å². The van der Waals surface area contributed by atoms with Crippen LogP contribution < -0.4 is 0 Å². The second kappa shape index (κ2) is 9.34. The second-order valence-corrected chi connectivity index (χ2v) is 9.79. The molecular formula is C25H26S2. The molecule has 138 valence electrons. The smallest absolute Gasteiger partial charge is 0.0535 e. The van der Waals surface area contributed by atoms with Crippen LogP contribution in [0, 0.1) is 5.41 Å². The van der Waals surface area contributed by atoms with E-state index < -0.39 is 0 Å². The Balaban J connectivity index is 1.97. The standard InChI is InChI=1S/C25H26S2/c1-25(2,3)24(27-22-17-11-6-12-18-22)19-23(20-13-7-4-8-14-20)26-21-15-9-5-10-16-21/h4-19,23H,1-3H3/b24-19-. The van der Waals surface area contributed by atoms with Crippen molar-refractivity contribution < 1.29 is 0 Å². The van der Waals surface area contributed by atoms with E-state index in [-0.39, 0.29) is 10.7 Å². The summed E-state index contributed by atoms with van der Waals surface area (Å²) >= 11 is 3.78. The van der Waals surface area contributed by atoms with E-state index >= 15 is 0 Å². The molecule has 0 saturated heterocycles. The van der Waals surface area contributed by atoms with E-state index in [1.807, 2.05) is 23.5 Å². The summed E-state index contributed by atoms with van der Waals surface area (Å²) in [5.41, 5.74) is 1.42. The van der Waals surface area contributed by atoms with E-state index in [0.29, 0.717) is 0 Å². The highest BCUT2D eigenvalue weighted by Crippen LogP contribution is 2.44. The lowest BCUT2D eigenvalue weighted by Gasteiger charge is -2.25. The van der Waals surface area contributed by atoms with Gasteiger partial charge in [0.1, 0.15) is 0 Å². The third-order valence-electron chi connectivity index (χ3n) is 4.15. The molecule has 27 heavy (non-hydrogen) atoms. The van der Waals surface area contributed by atoms with Gasteiger partial charge < -0.3 is 0 Å². The molecule has 2 heteroatoms.